The van der Waals surface area contributed by atoms with Crippen molar-refractivity contribution in [1.29, 1.82) is 0 Å². The summed E-state index contributed by atoms with van der Waals surface area (Å²) < 4.78 is 0. The van der Waals surface area contributed by atoms with Crippen molar-refractivity contribution in [3.8, 4) is 0 Å². The first-order valence-corrected chi connectivity index (χ1v) is 5.08. The number of nitrogens with one attached hydrogen (secondary N) is 1. The number of hydrogen-bond donors (Lipinski definition) is 1. The zero-order valence-electron chi connectivity index (χ0n) is 7.47. The van der Waals surface area contributed by atoms with Gasteiger partial charge in [0.15, 0.2) is 0 Å². The van der Waals surface area contributed by atoms with Crippen LogP contribution in [0.15, 0.2) is 0 Å². The minimum atomic E-state index is 0.781. The Bertz CT molecular complexity index is 125. The van der Waals surface area contributed by atoms with Crippen LogP contribution in [0.3, 0.4) is 0 Å². The van der Waals surface area contributed by atoms with Gasteiger partial charge in [0, 0.05) is 6.04 Å². The lowest BCUT2D eigenvalue weighted by Gasteiger charge is -2.12. The fourth-order valence-corrected chi connectivity index (χ4v) is 1.63. The first kappa shape index (κ1) is 7.60. The Balaban J connectivity index is 1.52. The Morgan fingerprint density at radius 1 is 1.18 bits per heavy atom. The predicted molar refractivity (Wildman–Crippen MR) is 47.5 cm³/mol. The summed E-state index contributed by atoms with van der Waals surface area (Å²) in [4.78, 5) is 0. The molecule has 2 aliphatic carbocycles. The van der Waals surface area contributed by atoms with Crippen LogP contribution in [-0.2, 0) is 0 Å². The Kier molecular flexibility index (Phi) is 2.17. The monoisotopic (exact) mass is 153 g/mol. The third-order valence-corrected chi connectivity index (χ3v) is 2.84. The summed E-state index contributed by atoms with van der Waals surface area (Å²) in [6.45, 7) is 3.62. The van der Waals surface area contributed by atoms with Crippen molar-refractivity contribution in [2.24, 2.45) is 11.8 Å². The first-order valence-electron chi connectivity index (χ1n) is 5.08. The van der Waals surface area contributed by atoms with Crippen LogP contribution in [0.1, 0.15) is 39.0 Å². The first-order chi connectivity index (χ1) is 5.34. The van der Waals surface area contributed by atoms with Gasteiger partial charge in [-0.25, -0.2) is 0 Å². The van der Waals surface area contributed by atoms with Crippen LogP contribution in [0, 0.1) is 11.8 Å². The second-order valence-corrected chi connectivity index (χ2v) is 4.43. The van der Waals surface area contributed by atoms with Crippen molar-refractivity contribution < 1.29 is 0 Å². The van der Waals surface area contributed by atoms with Crippen LogP contribution in [0.25, 0.3) is 0 Å². The highest BCUT2D eigenvalue weighted by molar-refractivity contribution is 4.81. The molecule has 2 fully saturated rings. The Hall–Kier alpha value is -0.0400. The van der Waals surface area contributed by atoms with Gasteiger partial charge in [-0.3, -0.25) is 0 Å². The molecule has 0 radical (unpaired) electrons. The van der Waals surface area contributed by atoms with E-state index in [1.165, 1.54) is 38.6 Å². The Labute approximate surface area is 69.6 Å². The van der Waals surface area contributed by atoms with E-state index in [1.54, 1.807) is 0 Å². The largest absolute Gasteiger partial charge is 0.314 e. The quantitative estimate of drug-likeness (QED) is 0.638. The second-order valence-electron chi connectivity index (χ2n) is 4.43. The molecule has 0 aliphatic heterocycles. The third-order valence-electron chi connectivity index (χ3n) is 2.84. The molecular formula is C10H19N. The van der Waals surface area contributed by atoms with Crippen molar-refractivity contribution in [1.82, 2.24) is 5.32 Å². The van der Waals surface area contributed by atoms with Crippen LogP contribution in [0.5, 0.6) is 0 Å². The molecule has 0 amide bonds. The fourth-order valence-electron chi connectivity index (χ4n) is 1.63. The van der Waals surface area contributed by atoms with Gasteiger partial charge < -0.3 is 5.32 Å². The molecule has 0 heterocycles. The van der Waals surface area contributed by atoms with Gasteiger partial charge in [0.25, 0.3) is 0 Å². The molecule has 1 unspecified atom stereocenters. The van der Waals surface area contributed by atoms with Crippen molar-refractivity contribution in [2.75, 3.05) is 6.54 Å². The van der Waals surface area contributed by atoms with Crippen LogP contribution >= 0.6 is 0 Å². The maximum Gasteiger partial charge on any atom is 0.00414 e. The van der Waals surface area contributed by atoms with Crippen molar-refractivity contribution >= 4 is 0 Å². The fraction of sp³-hybridized carbons (Fsp3) is 1.00. The molecule has 2 saturated carbocycles. The van der Waals surface area contributed by atoms with Crippen molar-refractivity contribution in [3.63, 3.8) is 0 Å². The summed E-state index contributed by atoms with van der Waals surface area (Å²) in [6.07, 6.45) is 7.36. The predicted octanol–water partition coefficient (Wildman–Crippen LogP) is 2.17. The highest BCUT2D eigenvalue weighted by Gasteiger charge is 2.25. The van der Waals surface area contributed by atoms with E-state index in [0.717, 1.165) is 17.9 Å². The highest BCUT2D eigenvalue weighted by Crippen LogP contribution is 2.33. The lowest BCUT2D eigenvalue weighted by molar-refractivity contribution is 0.476. The maximum atomic E-state index is 3.62. The molecule has 0 saturated heterocycles. The standard InChI is InChI=1S/C10H19N/c1-8(6-9-2-3-9)11-7-10-4-5-10/h8-11H,2-7H2,1H3. The van der Waals surface area contributed by atoms with Gasteiger partial charge in [-0.15, -0.1) is 0 Å². The smallest absolute Gasteiger partial charge is 0.00414 e. The van der Waals surface area contributed by atoms with E-state index in [4.69, 9.17) is 0 Å². The van der Waals surface area contributed by atoms with E-state index in [2.05, 4.69) is 12.2 Å². The number of rotatable bonds is 5. The van der Waals surface area contributed by atoms with E-state index in [1.807, 2.05) is 0 Å². The molecule has 0 aromatic heterocycles. The molecule has 0 spiro atoms. The molecular weight excluding hydrogens is 134 g/mol. The minimum absolute atomic E-state index is 0.781. The topological polar surface area (TPSA) is 12.0 Å². The second kappa shape index (κ2) is 3.14. The lowest BCUT2D eigenvalue weighted by Crippen LogP contribution is -2.28. The molecule has 64 valence electrons. The lowest BCUT2D eigenvalue weighted by atomic mass is 10.1. The molecule has 0 aromatic rings. The summed E-state index contributed by atoms with van der Waals surface area (Å²) in [7, 11) is 0. The van der Waals surface area contributed by atoms with Crippen LogP contribution < -0.4 is 5.32 Å². The summed E-state index contributed by atoms with van der Waals surface area (Å²) in [5.41, 5.74) is 0. The van der Waals surface area contributed by atoms with Crippen molar-refractivity contribution in [3.05, 3.63) is 0 Å². The molecule has 1 N–H and O–H groups in total. The third kappa shape index (κ3) is 2.82. The van der Waals surface area contributed by atoms with Gasteiger partial charge in [-0.1, -0.05) is 12.8 Å². The summed E-state index contributed by atoms with van der Waals surface area (Å²) in [5, 5.41) is 3.62. The molecule has 1 nitrogen and oxygen atoms in total. The molecule has 2 rings (SSSR count). The Morgan fingerprint density at radius 2 is 1.82 bits per heavy atom. The normalized spacial score (nSPS) is 27.0. The van der Waals surface area contributed by atoms with Crippen LogP contribution in [-0.4, -0.2) is 12.6 Å². The zero-order chi connectivity index (χ0) is 7.68. The van der Waals surface area contributed by atoms with E-state index in [9.17, 15) is 0 Å². The van der Waals surface area contributed by atoms with Gasteiger partial charge in [-0.05, 0) is 44.6 Å². The zero-order valence-corrected chi connectivity index (χ0v) is 7.47. The van der Waals surface area contributed by atoms with Gasteiger partial charge in [0.05, 0.1) is 0 Å². The van der Waals surface area contributed by atoms with E-state index < -0.39 is 0 Å². The van der Waals surface area contributed by atoms with Gasteiger partial charge in [-0.2, -0.15) is 0 Å². The average Bonchev–Trinajstić information content (AvgIpc) is 2.80. The van der Waals surface area contributed by atoms with Gasteiger partial charge in [0.1, 0.15) is 0 Å². The number of hydrogen-bond acceptors (Lipinski definition) is 1. The molecule has 1 atom stereocenters. The van der Waals surface area contributed by atoms with Crippen LogP contribution in [0.4, 0.5) is 0 Å². The SMILES string of the molecule is CC(CC1CC1)NCC1CC1. The van der Waals surface area contributed by atoms with Gasteiger partial charge in [0.2, 0.25) is 0 Å². The Morgan fingerprint density at radius 3 is 2.36 bits per heavy atom. The molecule has 1 heteroatoms. The molecule has 0 aromatic carbocycles. The van der Waals surface area contributed by atoms with Gasteiger partial charge >= 0.3 is 0 Å². The molecule has 2 aliphatic rings. The van der Waals surface area contributed by atoms with E-state index >= 15 is 0 Å². The molecule has 11 heavy (non-hydrogen) atoms. The summed E-state index contributed by atoms with van der Waals surface area (Å²) >= 11 is 0. The summed E-state index contributed by atoms with van der Waals surface area (Å²) in [5.74, 6) is 2.12. The molecule has 0 bridgehead atoms. The van der Waals surface area contributed by atoms with E-state index in [0.29, 0.717) is 0 Å². The van der Waals surface area contributed by atoms with E-state index in [-0.39, 0.29) is 0 Å². The average molecular weight is 153 g/mol. The van der Waals surface area contributed by atoms with Crippen LogP contribution in [0.2, 0.25) is 0 Å². The van der Waals surface area contributed by atoms with Crippen molar-refractivity contribution in [2.45, 2.75) is 45.1 Å². The highest BCUT2D eigenvalue weighted by atomic mass is 14.9. The summed E-state index contributed by atoms with van der Waals surface area (Å²) in [6, 6.07) is 0.781. The maximum absolute atomic E-state index is 3.62. The minimum Gasteiger partial charge on any atom is -0.314 e.